The van der Waals surface area contributed by atoms with Crippen molar-refractivity contribution in [3.8, 4) is 0 Å². The number of aromatic nitrogens is 1. The zero-order chi connectivity index (χ0) is 18.6. The first-order chi connectivity index (χ1) is 11.8. The SMILES string of the molecule is CC(C)=CCO[C@@H]1COCC[C@H]1NC(=O)c1c(C)c(C)c(C)[nH]c1=O. The molecule has 25 heavy (non-hydrogen) atoms. The number of pyridine rings is 1. The van der Waals surface area contributed by atoms with Crippen LogP contribution in [0.3, 0.4) is 0 Å². The first-order valence-electron chi connectivity index (χ1n) is 8.65. The van der Waals surface area contributed by atoms with Gasteiger partial charge in [0.05, 0.1) is 19.3 Å². The van der Waals surface area contributed by atoms with E-state index in [1.165, 1.54) is 5.57 Å². The molecule has 1 aliphatic heterocycles. The number of aromatic amines is 1. The Bertz CT molecular complexity index is 717. The molecule has 0 saturated carbocycles. The quantitative estimate of drug-likeness (QED) is 0.799. The monoisotopic (exact) mass is 348 g/mol. The summed E-state index contributed by atoms with van der Waals surface area (Å²) in [5.41, 5.74) is 3.42. The highest BCUT2D eigenvalue weighted by Crippen LogP contribution is 2.15. The van der Waals surface area contributed by atoms with Gasteiger partial charge >= 0.3 is 0 Å². The third-order valence-electron chi connectivity index (χ3n) is 4.68. The van der Waals surface area contributed by atoms with Gasteiger partial charge < -0.3 is 19.8 Å². The fourth-order valence-electron chi connectivity index (χ4n) is 2.86. The number of hydrogen-bond acceptors (Lipinski definition) is 4. The van der Waals surface area contributed by atoms with Gasteiger partial charge in [-0.3, -0.25) is 9.59 Å². The minimum atomic E-state index is -0.357. The summed E-state index contributed by atoms with van der Waals surface area (Å²) in [5.74, 6) is -0.357. The van der Waals surface area contributed by atoms with E-state index in [1.54, 1.807) is 6.92 Å². The van der Waals surface area contributed by atoms with Crippen LogP contribution in [0.15, 0.2) is 16.4 Å². The van der Waals surface area contributed by atoms with E-state index in [2.05, 4.69) is 10.3 Å². The molecule has 1 aromatic rings. The highest BCUT2D eigenvalue weighted by Gasteiger charge is 2.29. The number of ether oxygens (including phenoxy) is 2. The Hall–Kier alpha value is -1.92. The van der Waals surface area contributed by atoms with Crippen molar-refractivity contribution in [1.82, 2.24) is 10.3 Å². The highest BCUT2D eigenvalue weighted by molar-refractivity contribution is 5.95. The van der Waals surface area contributed by atoms with E-state index in [0.29, 0.717) is 31.8 Å². The molecule has 1 aliphatic rings. The predicted molar refractivity (Wildman–Crippen MR) is 97.1 cm³/mol. The van der Waals surface area contributed by atoms with Crippen LogP contribution in [0.4, 0.5) is 0 Å². The summed E-state index contributed by atoms with van der Waals surface area (Å²) < 4.78 is 11.3. The Balaban J connectivity index is 2.14. The Morgan fingerprint density at radius 2 is 2.04 bits per heavy atom. The number of carbonyl (C=O) groups excluding carboxylic acids is 1. The van der Waals surface area contributed by atoms with Gasteiger partial charge in [-0.2, -0.15) is 0 Å². The van der Waals surface area contributed by atoms with E-state index in [9.17, 15) is 9.59 Å². The molecule has 6 heteroatoms. The van der Waals surface area contributed by atoms with Gasteiger partial charge in [0.25, 0.3) is 11.5 Å². The summed E-state index contributed by atoms with van der Waals surface area (Å²) in [6.45, 7) is 11.0. The highest BCUT2D eigenvalue weighted by atomic mass is 16.5. The van der Waals surface area contributed by atoms with Gasteiger partial charge in [-0.05, 0) is 52.2 Å². The van der Waals surface area contributed by atoms with Crippen LogP contribution in [0.5, 0.6) is 0 Å². The Morgan fingerprint density at radius 3 is 2.72 bits per heavy atom. The molecule has 0 aromatic carbocycles. The van der Waals surface area contributed by atoms with Crippen molar-refractivity contribution in [1.29, 1.82) is 0 Å². The number of aryl methyl sites for hydroxylation is 1. The van der Waals surface area contributed by atoms with Gasteiger partial charge in [-0.1, -0.05) is 11.6 Å². The van der Waals surface area contributed by atoms with Gasteiger partial charge in [0.1, 0.15) is 11.7 Å². The molecule has 0 radical (unpaired) electrons. The molecule has 1 saturated heterocycles. The fraction of sp³-hybridized carbons (Fsp3) is 0.579. The molecule has 2 heterocycles. The number of amides is 1. The maximum atomic E-state index is 12.7. The topological polar surface area (TPSA) is 80.4 Å². The second-order valence-electron chi connectivity index (χ2n) is 6.80. The Labute approximate surface area is 148 Å². The normalized spacial score (nSPS) is 20.2. The molecule has 2 rings (SSSR count). The maximum Gasteiger partial charge on any atom is 0.261 e. The molecule has 1 fully saturated rings. The standard InChI is InChI=1S/C19H28N2O4/c1-11(2)6-9-25-16-10-24-8-7-15(16)21-19(23)17-13(4)12(3)14(5)20-18(17)22/h6,15-16H,7-10H2,1-5H3,(H,20,22)(H,21,23)/t15-,16-/m1/s1. The van der Waals surface area contributed by atoms with Crippen molar-refractivity contribution in [2.45, 2.75) is 53.2 Å². The molecule has 138 valence electrons. The van der Waals surface area contributed by atoms with E-state index < -0.39 is 0 Å². The summed E-state index contributed by atoms with van der Waals surface area (Å²) in [4.78, 5) is 27.7. The largest absolute Gasteiger partial charge is 0.379 e. The smallest absolute Gasteiger partial charge is 0.261 e. The van der Waals surface area contributed by atoms with Crippen LogP contribution in [0.2, 0.25) is 0 Å². The van der Waals surface area contributed by atoms with E-state index >= 15 is 0 Å². The van der Waals surface area contributed by atoms with Crippen molar-refractivity contribution in [3.05, 3.63) is 44.4 Å². The minimum Gasteiger partial charge on any atom is -0.379 e. The lowest BCUT2D eigenvalue weighted by Crippen LogP contribution is -2.51. The van der Waals surface area contributed by atoms with Crippen molar-refractivity contribution in [2.75, 3.05) is 19.8 Å². The average Bonchev–Trinajstić information content (AvgIpc) is 2.54. The number of nitrogens with one attached hydrogen (secondary N) is 2. The molecule has 2 N–H and O–H groups in total. The van der Waals surface area contributed by atoms with Crippen LogP contribution >= 0.6 is 0 Å². The third kappa shape index (κ3) is 4.80. The lowest BCUT2D eigenvalue weighted by Gasteiger charge is -2.32. The van der Waals surface area contributed by atoms with E-state index in [1.807, 2.05) is 33.8 Å². The summed E-state index contributed by atoms with van der Waals surface area (Å²) in [6, 6.07) is -0.174. The first-order valence-corrected chi connectivity index (χ1v) is 8.65. The fourth-order valence-corrected chi connectivity index (χ4v) is 2.86. The molecular formula is C19H28N2O4. The number of rotatable bonds is 5. The molecule has 0 spiro atoms. The first kappa shape index (κ1) is 19.4. The zero-order valence-corrected chi connectivity index (χ0v) is 15.7. The number of hydrogen-bond donors (Lipinski definition) is 2. The molecule has 0 aliphatic carbocycles. The average molecular weight is 348 g/mol. The van der Waals surface area contributed by atoms with Crippen LogP contribution in [0, 0.1) is 20.8 Å². The lowest BCUT2D eigenvalue weighted by molar-refractivity contribution is -0.0589. The predicted octanol–water partition coefficient (Wildman–Crippen LogP) is 2.17. The maximum absolute atomic E-state index is 12.7. The minimum absolute atomic E-state index is 0.174. The van der Waals surface area contributed by atoms with Crippen molar-refractivity contribution >= 4 is 5.91 Å². The summed E-state index contributed by atoms with van der Waals surface area (Å²) in [6.07, 6.45) is 2.43. The molecule has 6 nitrogen and oxygen atoms in total. The molecular weight excluding hydrogens is 320 g/mol. The van der Waals surface area contributed by atoms with E-state index in [4.69, 9.17) is 9.47 Å². The van der Waals surface area contributed by atoms with Crippen LogP contribution in [0.25, 0.3) is 0 Å². The lowest BCUT2D eigenvalue weighted by atomic mass is 10.0. The van der Waals surface area contributed by atoms with Gasteiger partial charge in [-0.25, -0.2) is 0 Å². The molecule has 2 atom stereocenters. The molecule has 0 unspecified atom stereocenters. The number of carbonyl (C=O) groups is 1. The third-order valence-corrected chi connectivity index (χ3v) is 4.68. The van der Waals surface area contributed by atoms with Crippen LogP contribution in [0.1, 0.15) is 47.4 Å². The number of allylic oxidation sites excluding steroid dienone is 1. The van der Waals surface area contributed by atoms with E-state index in [-0.39, 0.29) is 29.2 Å². The second-order valence-corrected chi connectivity index (χ2v) is 6.80. The summed E-state index contributed by atoms with van der Waals surface area (Å²) in [7, 11) is 0. The Kier molecular flexibility index (Phi) is 6.56. The molecule has 0 bridgehead atoms. The van der Waals surface area contributed by atoms with Crippen LogP contribution in [-0.2, 0) is 9.47 Å². The van der Waals surface area contributed by atoms with Crippen molar-refractivity contribution < 1.29 is 14.3 Å². The molecule has 1 aromatic heterocycles. The second kappa shape index (κ2) is 8.45. The van der Waals surface area contributed by atoms with Crippen LogP contribution in [-0.4, -0.2) is 42.9 Å². The Morgan fingerprint density at radius 1 is 1.32 bits per heavy atom. The van der Waals surface area contributed by atoms with Gasteiger partial charge in [-0.15, -0.1) is 0 Å². The molecule has 1 amide bonds. The zero-order valence-electron chi connectivity index (χ0n) is 15.7. The number of H-pyrrole nitrogens is 1. The van der Waals surface area contributed by atoms with Gasteiger partial charge in [0.2, 0.25) is 0 Å². The van der Waals surface area contributed by atoms with Crippen LogP contribution < -0.4 is 10.9 Å². The van der Waals surface area contributed by atoms with Gasteiger partial charge in [0, 0.05) is 12.3 Å². The van der Waals surface area contributed by atoms with Crippen molar-refractivity contribution in [3.63, 3.8) is 0 Å². The van der Waals surface area contributed by atoms with Crippen molar-refractivity contribution in [2.24, 2.45) is 0 Å². The van der Waals surface area contributed by atoms with E-state index in [0.717, 1.165) is 11.3 Å². The summed E-state index contributed by atoms with van der Waals surface area (Å²) >= 11 is 0. The van der Waals surface area contributed by atoms with Gasteiger partial charge in [0.15, 0.2) is 0 Å². The summed E-state index contributed by atoms with van der Waals surface area (Å²) in [5, 5.41) is 2.97.